The van der Waals surface area contributed by atoms with Crippen molar-refractivity contribution in [2.45, 2.75) is 6.92 Å². The summed E-state index contributed by atoms with van der Waals surface area (Å²) in [5.41, 5.74) is 0.825. The molecule has 1 heterocycles. The number of aromatic nitrogens is 1. The summed E-state index contributed by atoms with van der Waals surface area (Å²) in [6, 6.07) is 3.44. The Morgan fingerprint density at radius 2 is 2.00 bits per heavy atom. The lowest BCUT2D eigenvalue weighted by atomic mass is 10.3. The number of hydrogen-bond donors (Lipinski definition) is 1. The number of ether oxygens (including phenoxy) is 1. The highest BCUT2D eigenvalue weighted by Gasteiger charge is 2.17. The minimum atomic E-state index is -0.472. The van der Waals surface area contributed by atoms with Gasteiger partial charge in [0.1, 0.15) is 0 Å². The van der Waals surface area contributed by atoms with Gasteiger partial charge in [-0.2, -0.15) is 0 Å². The normalized spacial score (nSPS) is 10.4. The summed E-state index contributed by atoms with van der Waals surface area (Å²) in [5, 5.41) is 4.46. The monoisotopic (exact) mass is 394 g/mol. The van der Waals surface area contributed by atoms with Gasteiger partial charge in [-0.15, -0.1) is 11.3 Å². The first-order chi connectivity index (χ1) is 9.42. The lowest BCUT2D eigenvalue weighted by molar-refractivity contribution is 0.0594. The molecule has 1 aromatic carbocycles. The van der Waals surface area contributed by atoms with Crippen LogP contribution >= 0.6 is 50.5 Å². The van der Waals surface area contributed by atoms with Gasteiger partial charge in [0.2, 0.25) is 0 Å². The van der Waals surface area contributed by atoms with Crippen LogP contribution in [0.5, 0.6) is 0 Å². The van der Waals surface area contributed by atoms with Crippen molar-refractivity contribution in [3.05, 3.63) is 37.2 Å². The van der Waals surface area contributed by atoms with Gasteiger partial charge >= 0.3 is 5.97 Å². The second-order valence-electron chi connectivity index (χ2n) is 3.78. The first kappa shape index (κ1) is 15.6. The van der Waals surface area contributed by atoms with Crippen molar-refractivity contribution in [3.8, 4) is 0 Å². The van der Waals surface area contributed by atoms with Crippen LogP contribution in [0, 0.1) is 6.92 Å². The third kappa shape index (κ3) is 3.25. The zero-order valence-corrected chi connectivity index (χ0v) is 14.4. The molecule has 106 valence electrons. The van der Waals surface area contributed by atoms with Gasteiger partial charge in [-0.3, -0.25) is 0 Å². The zero-order valence-electron chi connectivity index (χ0n) is 10.5. The van der Waals surface area contributed by atoms with Gasteiger partial charge in [-0.1, -0.05) is 39.1 Å². The number of halogens is 3. The SMILES string of the molecule is COC(=O)c1nc(Nc2c(Cl)cc(Br)cc2Cl)sc1C. The highest BCUT2D eigenvalue weighted by molar-refractivity contribution is 9.10. The van der Waals surface area contributed by atoms with E-state index in [9.17, 15) is 4.79 Å². The zero-order chi connectivity index (χ0) is 14.9. The van der Waals surface area contributed by atoms with Gasteiger partial charge < -0.3 is 10.1 Å². The third-order valence-electron chi connectivity index (χ3n) is 2.41. The summed E-state index contributed by atoms with van der Waals surface area (Å²) < 4.78 is 5.44. The first-order valence-electron chi connectivity index (χ1n) is 5.39. The quantitative estimate of drug-likeness (QED) is 0.738. The van der Waals surface area contributed by atoms with Gasteiger partial charge in [0, 0.05) is 9.35 Å². The Labute approximate surface area is 138 Å². The maximum Gasteiger partial charge on any atom is 0.357 e. The molecular weight excluding hydrogens is 387 g/mol. The number of nitrogens with zero attached hydrogens (tertiary/aromatic N) is 1. The van der Waals surface area contributed by atoms with E-state index in [1.807, 2.05) is 0 Å². The molecular formula is C12H9BrCl2N2O2S. The van der Waals surface area contributed by atoms with E-state index in [2.05, 4.69) is 31.0 Å². The number of nitrogens with one attached hydrogen (secondary N) is 1. The van der Waals surface area contributed by atoms with Crippen LogP contribution < -0.4 is 5.32 Å². The highest BCUT2D eigenvalue weighted by Crippen LogP contribution is 2.37. The van der Waals surface area contributed by atoms with Crippen molar-refractivity contribution >= 4 is 67.3 Å². The second-order valence-corrected chi connectivity index (χ2v) is 6.72. The predicted octanol–water partition coefficient (Wildman–Crippen LogP) is 5.05. The Kier molecular flexibility index (Phi) is 4.90. The second kappa shape index (κ2) is 6.30. The molecule has 0 spiro atoms. The van der Waals surface area contributed by atoms with Gasteiger partial charge in [0.25, 0.3) is 0 Å². The summed E-state index contributed by atoms with van der Waals surface area (Å²) in [5.74, 6) is -0.472. The first-order valence-corrected chi connectivity index (χ1v) is 7.76. The maximum atomic E-state index is 11.5. The Balaban J connectivity index is 2.34. The van der Waals surface area contributed by atoms with Crippen molar-refractivity contribution in [1.29, 1.82) is 0 Å². The number of rotatable bonds is 3. The van der Waals surface area contributed by atoms with E-state index < -0.39 is 5.97 Å². The molecule has 0 unspecified atom stereocenters. The fourth-order valence-corrected chi connectivity index (χ4v) is 3.61. The van der Waals surface area contributed by atoms with E-state index in [1.54, 1.807) is 19.1 Å². The van der Waals surface area contributed by atoms with Crippen molar-refractivity contribution in [2.75, 3.05) is 12.4 Å². The molecule has 0 radical (unpaired) electrons. The molecule has 0 aliphatic carbocycles. The largest absolute Gasteiger partial charge is 0.464 e. The topological polar surface area (TPSA) is 51.2 Å². The summed E-state index contributed by atoms with van der Waals surface area (Å²) in [6.45, 7) is 1.79. The average molecular weight is 396 g/mol. The molecule has 4 nitrogen and oxygen atoms in total. The Morgan fingerprint density at radius 3 is 2.55 bits per heavy atom. The molecule has 20 heavy (non-hydrogen) atoms. The van der Waals surface area contributed by atoms with E-state index in [0.29, 0.717) is 20.9 Å². The van der Waals surface area contributed by atoms with E-state index >= 15 is 0 Å². The van der Waals surface area contributed by atoms with Crippen LogP contribution in [0.15, 0.2) is 16.6 Å². The van der Waals surface area contributed by atoms with Crippen LogP contribution in [0.25, 0.3) is 0 Å². The molecule has 0 atom stereocenters. The molecule has 0 aliphatic rings. The fraction of sp³-hybridized carbons (Fsp3) is 0.167. The minimum absolute atomic E-state index is 0.282. The molecule has 8 heteroatoms. The smallest absolute Gasteiger partial charge is 0.357 e. The number of aryl methyl sites for hydroxylation is 1. The molecule has 1 N–H and O–H groups in total. The lowest BCUT2D eigenvalue weighted by Crippen LogP contribution is -2.03. The van der Waals surface area contributed by atoms with Gasteiger partial charge in [-0.25, -0.2) is 9.78 Å². The summed E-state index contributed by atoms with van der Waals surface area (Å²) in [7, 11) is 1.32. The summed E-state index contributed by atoms with van der Waals surface area (Å²) in [4.78, 5) is 16.5. The number of carbonyl (C=O) groups excluding carboxylic acids is 1. The Hall–Kier alpha value is -0.820. The molecule has 2 aromatic rings. The Morgan fingerprint density at radius 1 is 1.40 bits per heavy atom. The van der Waals surface area contributed by atoms with Gasteiger partial charge in [0.15, 0.2) is 10.8 Å². The number of thiazole rings is 1. The number of carbonyl (C=O) groups is 1. The standard InChI is InChI=1S/C12H9BrCl2N2O2S/c1-5-9(11(18)19-2)16-12(20-5)17-10-7(14)3-6(13)4-8(10)15/h3-4H,1-2H3,(H,16,17). The van der Waals surface area contributed by atoms with Gasteiger partial charge in [-0.05, 0) is 19.1 Å². The van der Waals surface area contributed by atoms with Crippen LogP contribution in [0.4, 0.5) is 10.8 Å². The summed E-state index contributed by atoms with van der Waals surface area (Å²) in [6.07, 6.45) is 0. The average Bonchev–Trinajstić information content (AvgIpc) is 2.74. The number of anilines is 2. The fourth-order valence-electron chi connectivity index (χ4n) is 1.50. The van der Waals surface area contributed by atoms with Crippen LogP contribution in [0.3, 0.4) is 0 Å². The van der Waals surface area contributed by atoms with E-state index in [1.165, 1.54) is 18.4 Å². The van der Waals surface area contributed by atoms with Crippen molar-refractivity contribution in [1.82, 2.24) is 4.98 Å². The van der Waals surface area contributed by atoms with E-state index in [0.717, 1.165) is 9.35 Å². The van der Waals surface area contributed by atoms with E-state index in [-0.39, 0.29) is 5.69 Å². The number of benzene rings is 1. The molecule has 0 fully saturated rings. The predicted molar refractivity (Wildman–Crippen MR) is 85.6 cm³/mol. The molecule has 0 aliphatic heterocycles. The van der Waals surface area contributed by atoms with E-state index in [4.69, 9.17) is 23.2 Å². The van der Waals surface area contributed by atoms with Crippen LogP contribution in [0.1, 0.15) is 15.4 Å². The highest BCUT2D eigenvalue weighted by atomic mass is 79.9. The Bertz CT molecular complexity index is 652. The van der Waals surface area contributed by atoms with Crippen LogP contribution in [0.2, 0.25) is 10.0 Å². The third-order valence-corrected chi connectivity index (χ3v) is 4.35. The van der Waals surface area contributed by atoms with Crippen molar-refractivity contribution in [3.63, 3.8) is 0 Å². The van der Waals surface area contributed by atoms with Crippen molar-refractivity contribution in [2.24, 2.45) is 0 Å². The summed E-state index contributed by atoms with van der Waals surface area (Å²) >= 11 is 16.9. The minimum Gasteiger partial charge on any atom is -0.464 e. The van der Waals surface area contributed by atoms with Gasteiger partial charge in [0.05, 0.1) is 22.8 Å². The number of methoxy groups -OCH3 is 1. The molecule has 1 aromatic heterocycles. The van der Waals surface area contributed by atoms with Crippen LogP contribution in [-0.2, 0) is 4.74 Å². The van der Waals surface area contributed by atoms with Crippen molar-refractivity contribution < 1.29 is 9.53 Å². The maximum absolute atomic E-state index is 11.5. The number of hydrogen-bond acceptors (Lipinski definition) is 5. The molecule has 0 saturated heterocycles. The van der Waals surface area contributed by atoms with Crippen LogP contribution in [-0.4, -0.2) is 18.1 Å². The molecule has 0 saturated carbocycles. The molecule has 0 amide bonds. The lowest BCUT2D eigenvalue weighted by Gasteiger charge is -2.08. The molecule has 2 rings (SSSR count). The number of esters is 1. The molecule has 0 bridgehead atoms.